The van der Waals surface area contributed by atoms with Crippen molar-refractivity contribution in [1.29, 1.82) is 0 Å². The molecule has 2 aliphatic heterocycles. The molecule has 20 heteroatoms. The lowest BCUT2D eigenvalue weighted by molar-refractivity contribution is -0.263. The Labute approximate surface area is 446 Å². The fourth-order valence-electron chi connectivity index (χ4n) is 9.78. The first kappa shape index (κ1) is 65.7. The van der Waals surface area contributed by atoms with Crippen molar-refractivity contribution < 1.29 is 80.5 Å². The number of carbonyl (C=O) groups excluding carboxylic acids is 5. The van der Waals surface area contributed by atoms with E-state index in [9.17, 15) is 42.6 Å². The molecule has 3 rings (SSSR count). The molecule has 0 spiro atoms. The van der Waals surface area contributed by atoms with E-state index in [4.69, 9.17) is 37.9 Å². The van der Waals surface area contributed by atoms with Gasteiger partial charge in [-0.15, -0.1) is 0 Å². The highest BCUT2D eigenvalue weighted by Gasteiger charge is 2.52. The second-order valence-electron chi connectivity index (χ2n) is 20.9. The number of ketones is 3. The number of amides is 1. The summed E-state index contributed by atoms with van der Waals surface area (Å²) in [6.45, 7) is 14.3. The third-order valence-corrected chi connectivity index (χ3v) is 15.6. The van der Waals surface area contributed by atoms with E-state index in [1.807, 2.05) is 13.0 Å². The lowest BCUT2D eigenvalue weighted by atomic mass is 9.78. The van der Waals surface area contributed by atoms with Gasteiger partial charge < -0.3 is 53.0 Å². The second kappa shape index (κ2) is 32.4. The number of rotatable bonds is 17. The van der Waals surface area contributed by atoms with Gasteiger partial charge in [-0.1, -0.05) is 69.7 Å². The standard InChI is InChI=1S/C55H90N2O17S/c1-35-18-16-14-13-15-17-19-36(2)49(59)51(69-11)50(60)39(5)30-37(3)45(58)34-47(38(4)31-42-21-23-46(48(32-42)68-10)72-29-28-71-27-26-70-25-24-67-9)73-54(63)41(7)57(8)53(62)52(61)55(64)40(6)20-22-43(74-55)33-44(35)56-75(12,65)66/h13-16,18,30,36-38,40-44,46-48,50-51,56,60,64H,17,19-29,31-34H2,1-12H3/b15-13+,16-14+,35-18+,39-30+/t36?,37?,38-,40+,41?,42+,43-,44?,46-,47?,48-,50?,51?,55+/m1/s1. The third-order valence-electron chi connectivity index (χ3n) is 14.9. The molecule has 428 valence electrons. The number of Topliss-reactive ketones (excluding diaryl/α,β-unsaturated/α-hetero) is 3. The number of nitrogens with zero attached hydrogens (tertiary/aromatic N) is 1. The highest BCUT2D eigenvalue weighted by atomic mass is 32.2. The summed E-state index contributed by atoms with van der Waals surface area (Å²) in [6, 6.07) is -2.17. The Kier molecular flexibility index (Phi) is 28.4. The maximum atomic E-state index is 14.2. The molecule has 0 aromatic heterocycles. The van der Waals surface area contributed by atoms with E-state index in [1.54, 1.807) is 79.2 Å². The molecule has 2 bridgehead atoms. The number of hydrogen-bond acceptors (Lipinski definition) is 17. The van der Waals surface area contributed by atoms with Gasteiger partial charge in [-0.3, -0.25) is 19.2 Å². The molecule has 19 nitrogen and oxygen atoms in total. The first-order valence-corrected chi connectivity index (χ1v) is 28.4. The van der Waals surface area contributed by atoms with Crippen LogP contribution in [-0.2, 0) is 71.9 Å². The summed E-state index contributed by atoms with van der Waals surface area (Å²) in [7, 11) is 2.09. The van der Waals surface area contributed by atoms with Gasteiger partial charge in [-0.2, -0.15) is 0 Å². The highest BCUT2D eigenvalue weighted by molar-refractivity contribution is 7.88. The molecule has 0 aromatic carbocycles. The van der Waals surface area contributed by atoms with Crippen LogP contribution in [0.15, 0.2) is 47.6 Å². The maximum absolute atomic E-state index is 14.2. The van der Waals surface area contributed by atoms with Crippen LogP contribution in [0.4, 0.5) is 0 Å². The first-order valence-electron chi connectivity index (χ1n) is 26.5. The Balaban J connectivity index is 1.94. The van der Waals surface area contributed by atoms with Gasteiger partial charge >= 0.3 is 5.97 Å². The molecule has 1 amide bonds. The number of aliphatic hydroxyl groups excluding tert-OH is 1. The number of allylic oxidation sites excluding steroid dienone is 6. The number of methoxy groups -OCH3 is 3. The Morgan fingerprint density at radius 1 is 0.840 bits per heavy atom. The molecule has 3 N–H and O–H groups in total. The Hall–Kier alpha value is -3.54. The van der Waals surface area contributed by atoms with Crippen LogP contribution in [0.25, 0.3) is 0 Å². The van der Waals surface area contributed by atoms with E-state index in [-0.39, 0.29) is 49.0 Å². The van der Waals surface area contributed by atoms with Crippen molar-refractivity contribution in [3.05, 3.63) is 47.6 Å². The minimum absolute atomic E-state index is 0.0209. The third kappa shape index (κ3) is 21.0. The molecule has 75 heavy (non-hydrogen) atoms. The van der Waals surface area contributed by atoms with Crippen molar-refractivity contribution in [3.8, 4) is 0 Å². The van der Waals surface area contributed by atoms with Crippen molar-refractivity contribution in [2.75, 3.05) is 74.3 Å². The van der Waals surface area contributed by atoms with Crippen LogP contribution in [0.3, 0.4) is 0 Å². The van der Waals surface area contributed by atoms with Crippen molar-refractivity contribution in [2.24, 2.45) is 29.6 Å². The summed E-state index contributed by atoms with van der Waals surface area (Å²) in [5.74, 6) is -9.02. The molecular weight excluding hydrogens is 993 g/mol. The van der Waals surface area contributed by atoms with Gasteiger partial charge in [0.15, 0.2) is 5.78 Å². The summed E-state index contributed by atoms with van der Waals surface area (Å²) < 4.78 is 73.6. The van der Waals surface area contributed by atoms with E-state index in [2.05, 4.69) is 4.72 Å². The minimum atomic E-state index is -3.75. The number of carbonyl (C=O) groups is 5. The summed E-state index contributed by atoms with van der Waals surface area (Å²) >= 11 is 0. The largest absolute Gasteiger partial charge is 0.460 e. The van der Waals surface area contributed by atoms with E-state index < -0.39 is 93.6 Å². The molecule has 1 aliphatic carbocycles. The smallest absolute Gasteiger partial charge is 0.328 e. The lowest BCUT2D eigenvalue weighted by Gasteiger charge is -2.42. The fraction of sp³-hybridized carbons (Fsp3) is 0.764. The van der Waals surface area contributed by atoms with E-state index in [0.29, 0.717) is 89.3 Å². The second-order valence-corrected chi connectivity index (χ2v) is 22.6. The molecule has 0 radical (unpaired) electrons. The number of nitrogens with one attached hydrogen (secondary N) is 1. The van der Waals surface area contributed by atoms with Crippen LogP contribution in [0.2, 0.25) is 0 Å². The molecular formula is C55H90N2O17S. The molecule has 3 aliphatic rings. The van der Waals surface area contributed by atoms with Crippen LogP contribution in [-0.4, -0.2) is 182 Å². The van der Waals surface area contributed by atoms with Crippen LogP contribution >= 0.6 is 0 Å². The minimum Gasteiger partial charge on any atom is -0.460 e. The van der Waals surface area contributed by atoms with Gasteiger partial charge in [-0.25, -0.2) is 17.9 Å². The van der Waals surface area contributed by atoms with Crippen LogP contribution in [0.1, 0.15) is 113 Å². The summed E-state index contributed by atoms with van der Waals surface area (Å²) in [4.78, 5) is 71.0. The predicted molar refractivity (Wildman–Crippen MR) is 282 cm³/mol. The average Bonchev–Trinajstić information content (AvgIpc) is 3.36. The number of sulfonamides is 1. The summed E-state index contributed by atoms with van der Waals surface area (Å²) in [5, 5.41) is 23.3. The quantitative estimate of drug-likeness (QED) is 0.0750. The van der Waals surface area contributed by atoms with Crippen molar-refractivity contribution >= 4 is 39.2 Å². The number of cyclic esters (lactones) is 1. The number of likely N-dealkylation sites (N-methyl/N-ethyl adjacent to an activating group) is 1. The molecule has 1 saturated carbocycles. The Bertz CT molecular complexity index is 2080. The zero-order valence-corrected chi connectivity index (χ0v) is 47.5. The predicted octanol–water partition coefficient (Wildman–Crippen LogP) is 5.01. The Morgan fingerprint density at radius 3 is 2.15 bits per heavy atom. The molecule has 2 fully saturated rings. The Morgan fingerprint density at radius 2 is 1.51 bits per heavy atom. The number of aliphatic hydroxyl groups is 2. The lowest BCUT2D eigenvalue weighted by Crippen LogP contribution is -2.59. The van der Waals surface area contributed by atoms with E-state index in [0.717, 1.165) is 17.6 Å². The van der Waals surface area contributed by atoms with Crippen molar-refractivity contribution in [2.45, 2.75) is 167 Å². The van der Waals surface area contributed by atoms with Gasteiger partial charge in [0.2, 0.25) is 15.8 Å². The zero-order chi connectivity index (χ0) is 56.0. The van der Waals surface area contributed by atoms with Crippen LogP contribution in [0.5, 0.6) is 0 Å². The topological polar surface area (TPSA) is 249 Å². The number of hydrogen-bond donors (Lipinski definition) is 3. The van der Waals surface area contributed by atoms with Gasteiger partial charge in [0, 0.05) is 58.6 Å². The molecule has 14 atom stereocenters. The maximum Gasteiger partial charge on any atom is 0.328 e. The normalized spacial score (nSPS) is 35.0. The zero-order valence-electron chi connectivity index (χ0n) is 46.7. The first-order chi connectivity index (χ1) is 35.4. The van der Waals surface area contributed by atoms with Crippen LogP contribution in [0, 0.1) is 29.6 Å². The SMILES string of the molecule is COCCOCCOCCO[C@@H]1CC[C@@H](C[C@@H](C)C2CC(=O)C(C)/C=C(\C)C(O)C(OC)C(=O)C(C)CC/C=C/C=C/C=C(\C)C(NS(C)(=O)=O)C[C@H]3CC[C@H](C)[C@](O)(O3)C(=O)C(=O)N(C)C(C)C(=O)O2)C[C@H]1OC. The molecule has 0 aromatic rings. The number of fused-ring (bicyclic) bond motifs is 2. The monoisotopic (exact) mass is 1080 g/mol. The fourth-order valence-corrected chi connectivity index (χ4v) is 10.6. The van der Waals surface area contributed by atoms with E-state index in [1.165, 1.54) is 21.1 Å². The van der Waals surface area contributed by atoms with Gasteiger partial charge in [0.25, 0.3) is 11.7 Å². The average molecular weight is 1080 g/mol. The molecule has 7 unspecified atom stereocenters. The van der Waals surface area contributed by atoms with Gasteiger partial charge in [-0.05, 0) is 96.0 Å². The van der Waals surface area contributed by atoms with Gasteiger partial charge in [0.1, 0.15) is 30.1 Å². The molecule has 2 heterocycles. The van der Waals surface area contributed by atoms with Gasteiger partial charge in [0.05, 0.1) is 64.2 Å². The van der Waals surface area contributed by atoms with Crippen molar-refractivity contribution in [1.82, 2.24) is 9.62 Å². The summed E-state index contributed by atoms with van der Waals surface area (Å²) in [5.41, 5.74) is 0.957. The summed E-state index contributed by atoms with van der Waals surface area (Å²) in [6.07, 6.45) is 10.7. The highest BCUT2D eigenvalue weighted by Crippen LogP contribution is 2.37. The van der Waals surface area contributed by atoms with E-state index >= 15 is 0 Å². The molecule has 1 saturated heterocycles. The van der Waals surface area contributed by atoms with Crippen molar-refractivity contribution in [3.63, 3.8) is 0 Å². The number of esters is 1. The number of ether oxygens (including phenoxy) is 8. The van der Waals surface area contributed by atoms with Crippen LogP contribution < -0.4 is 4.72 Å².